The number of ether oxygens (including phenoxy) is 2. The van der Waals surface area contributed by atoms with Crippen molar-refractivity contribution in [2.24, 2.45) is 5.92 Å². The number of nitrogens with one attached hydrogen (secondary N) is 1. The molecule has 154 valence electrons. The Morgan fingerprint density at radius 2 is 2.04 bits per heavy atom. The number of carbonyl (C=O) groups is 2. The fourth-order valence-electron chi connectivity index (χ4n) is 3.94. The highest BCUT2D eigenvalue weighted by Gasteiger charge is 2.45. The van der Waals surface area contributed by atoms with Crippen LogP contribution >= 0.6 is 11.8 Å². The third-order valence-electron chi connectivity index (χ3n) is 5.36. The molecule has 0 spiro atoms. The Morgan fingerprint density at radius 1 is 1.25 bits per heavy atom. The van der Waals surface area contributed by atoms with Crippen LogP contribution in [0, 0.1) is 5.92 Å². The number of methoxy groups -OCH3 is 1. The van der Waals surface area contributed by atoms with Gasteiger partial charge in [-0.25, -0.2) is 9.59 Å². The summed E-state index contributed by atoms with van der Waals surface area (Å²) in [6.45, 7) is 2.36. The van der Waals surface area contributed by atoms with Gasteiger partial charge in [0.05, 0.1) is 19.1 Å². The summed E-state index contributed by atoms with van der Waals surface area (Å²) < 4.78 is 10.6. The van der Waals surface area contributed by atoms with Crippen molar-refractivity contribution in [2.45, 2.75) is 56.9 Å². The molecule has 1 aliphatic heterocycles. The average Bonchev–Trinajstić information content (AvgIpc) is 3.18. The van der Waals surface area contributed by atoms with Gasteiger partial charge in [-0.05, 0) is 37.3 Å². The van der Waals surface area contributed by atoms with Gasteiger partial charge in [-0.3, -0.25) is 4.90 Å². The van der Waals surface area contributed by atoms with E-state index in [0.29, 0.717) is 29.7 Å². The van der Waals surface area contributed by atoms with E-state index in [1.165, 1.54) is 19.3 Å². The fourth-order valence-corrected chi connectivity index (χ4v) is 5.56. The zero-order valence-electron chi connectivity index (χ0n) is 16.7. The third kappa shape index (κ3) is 4.93. The first-order valence-corrected chi connectivity index (χ1v) is 11.2. The molecule has 2 aliphatic rings. The molecule has 1 N–H and O–H groups in total. The van der Waals surface area contributed by atoms with Crippen LogP contribution < -0.4 is 10.1 Å². The van der Waals surface area contributed by atoms with Crippen LogP contribution in [0.1, 0.15) is 45.4 Å². The van der Waals surface area contributed by atoms with Crippen molar-refractivity contribution in [3.8, 4) is 5.75 Å². The van der Waals surface area contributed by atoms with Crippen molar-refractivity contribution in [3.63, 3.8) is 0 Å². The van der Waals surface area contributed by atoms with Crippen LogP contribution in [-0.2, 0) is 9.53 Å². The lowest BCUT2D eigenvalue weighted by molar-refractivity contribution is -0.148. The van der Waals surface area contributed by atoms with Crippen LogP contribution in [0.5, 0.6) is 5.75 Å². The molecule has 1 aromatic rings. The highest BCUT2D eigenvalue weighted by atomic mass is 32.2. The van der Waals surface area contributed by atoms with Gasteiger partial charge in [0, 0.05) is 17.5 Å². The second-order valence-electron chi connectivity index (χ2n) is 7.37. The number of amides is 2. The predicted octanol–water partition coefficient (Wildman–Crippen LogP) is 4.50. The number of esters is 1. The third-order valence-corrected chi connectivity index (χ3v) is 6.83. The van der Waals surface area contributed by atoms with E-state index in [0.717, 1.165) is 19.3 Å². The second kappa shape index (κ2) is 10.0. The number of carbonyl (C=O) groups excluding carboxylic acids is 2. The largest absolute Gasteiger partial charge is 0.497 e. The first kappa shape index (κ1) is 20.8. The molecule has 7 heteroatoms. The van der Waals surface area contributed by atoms with Gasteiger partial charge in [0.2, 0.25) is 0 Å². The first-order valence-electron chi connectivity index (χ1n) is 10.2. The van der Waals surface area contributed by atoms with E-state index in [1.54, 1.807) is 29.8 Å². The lowest BCUT2D eigenvalue weighted by Crippen LogP contribution is -2.50. The van der Waals surface area contributed by atoms with Gasteiger partial charge in [-0.2, -0.15) is 0 Å². The zero-order valence-corrected chi connectivity index (χ0v) is 17.5. The van der Waals surface area contributed by atoms with Gasteiger partial charge in [-0.15, -0.1) is 11.8 Å². The normalized spacial score (nSPS) is 22.7. The molecular formula is C21H30N2O4S. The number of urea groups is 1. The quantitative estimate of drug-likeness (QED) is 0.704. The zero-order chi connectivity index (χ0) is 19.9. The molecule has 2 fully saturated rings. The second-order valence-corrected chi connectivity index (χ2v) is 8.52. The molecule has 2 unspecified atom stereocenters. The molecule has 0 aromatic heterocycles. The van der Waals surface area contributed by atoms with Crippen LogP contribution in [0.25, 0.3) is 0 Å². The van der Waals surface area contributed by atoms with Gasteiger partial charge in [0.1, 0.15) is 11.8 Å². The lowest BCUT2D eigenvalue weighted by atomic mass is 9.88. The van der Waals surface area contributed by atoms with Crippen molar-refractivity contribution in [3.05, 3.63) is 24.3 Å². The number of thioether (sulfide) groups is 1. The topological polar surface area (TPSA) is 67.9 Å². The average molecular weight is 407 g/mol. The Kier molecular flexibility index (Phi) is 7.48. The van der Waals surface area contributed by atoms with E-state index in [2.05, 4.69) is 5.32 Å². The summed E-state index contributed by atoms with van der Waals surface area (Å²) in [6.07, 6.45) is 6.63. The Morgan fingerprint density at radius 3 is 2.75 bits per heavy atom. The number of anilines is 1. The molecule has 2 atom stereocenters. The van der Waals surface area contributed by atoms with Crippen molar-refractivity contribution >= 4 is 29.4 Å². The van der Waals surface area contributed by atoms with Crippen LogP contribution in [0.4, 0.5) is 10.5 Å². The van der Waals surface area contributed by atoms with E-state index in [-0.39, 0.29) is 17.4 Å². The molecule has 6 nitrogen and oxygen atoms in total. The standard InChI is InChI=1S/C21H30N2O4S/c1-3-12-27-20(24)18-14-28-19(15-8-5-4-6-9-15)23(18)21(25)22-16-10-7-11-17(13-16)26-2/h7,10-11,13,15,18-19H,3-6,8-9,12,14H2,1-2H3,(H,22,25). The summed E-state index contributed by atoms with van der Waals surface area (Å²) in [6, 6.07) is 6.49. The van der Waals surface area contributed by atoms with E-state index < -0.39 is 6.04 Å². The van der Waals surface area contributed by atoms with Crippen LogP contribution in [0.2, 0.25) is 0 Å². The van der Waals surface area contributed by atoms with Crippen molar-refractivity contribution in [2.75, 3.05) is 24.8 Å². The number of hydrogen-bond donors (Lipinski definition) is 1. The van der Waals surface area contributed by atoms with Crippen molar-refractivity contribution < 1.29 is 19.1 Å². The number of rotatable bonds is 6. The van der Waals surface area contributed by atoms with Crippen LogP contribution in [0.15, 0.2) is 24.3 Å². The van der Waals surface area contributed by atoms with E-state index in [4.69, 9.17) is 9.47 Å². The van der Waals surface area contributed by atoms with Gasteiger partial charge in [-0.1, -0.05) is 32.3 Å². The van der Waals surface area contributed by atoms with Gasteiger partial charge in [0.15, 0.2) is 0 Å². The molecular weight excluding hydrogens is 376 g/mol. The number of benzene rings is 1. The molecule has 1 aliphatic carbocycles. The molecule has 1 heterocycles. The highest BCUT2D eigenvalue weighted by molar-refractivity contribution is 8.00. The molecule has 1 saturated heterocycles. The summed E-state index contributed by atoms with van der Waals surface area (Å²) in [5, 5.41) is 2.97. The maximum Gasteiger partial charge on any atom is 0.329 e. The minimum absolute atomic E-state index is 0.0186. The maximum absolute atomic E-state index is 13.2. The predicted molar refractivity (Wildman–Crippen MR) is 112 cm³/mol. The van der Waals surface area contributed by atoms with Crippen molar-refractivity contribution in [1.29, 1.82) is 0 Å². The lowest BCUT2D eigenvalue weighted by Gasteiger charge is -2.35. The van der Waals surface area contributed by atoms with Crippen LogP contribution in [-0.4, -0.2) is 47.8 Å². The fraction of sp³-hybridized carbons (Fsp3) is 0.619. The molecule has 1 saturated carbocycles. The summed E-state index contributed by atoms with van der Waals surface area (Å²) in [5.41, 5.74) is 0.657. The van der Waals surface area contributed by atoms with Gasteiger partial charge >= 0.3 is 12.0 Å². The number of nitrogens with zero attached hydrogens (tertiary/aromatic N) is 1. The number of hydrogen-bond acceptors (Lipinski definition) is 5. The Bertz CT molecular complexity index is 678. The summed E-state index contributed by atoms with van der Waals surface area (Å²) in [7, 11) is 1.59. The highest BCUT2D eigenvalue weighted by Crippen LogP contribution is 2.41. The molecule has 0 bridgehead atoms. The van der Waals surface area contributed by atoms with Gasteiger partial charge < -0.3 is 14.8 Å². The summed E-state index contributed by atoms with van der Waals surface area (Å²) in [4.78, 5) is 27.6. The Hall–Kier alpha value is -1.89. The van der Waals surface area contributed by atoms with E-state index in [1.807, 2.05) is 25.1 Å². The molecule has 0 radical (unpaired) electrons. The smallest absolute Gasteiger partial charge is 0.329 e. The molecule has 2 amide bonds. The molecule has 3 rings (SSSR count). The first-order chi connectivity index (χ1) is 13.6. The monoisotopic (exact) mass is 406 g/mol. The Balaban J connectivity index is 1.78. The van der Waals surface area contributed by atoms with Crippen LogP contribution in [0.3, 0.4) is 0 Å². The van der Waals surface area contributed by atoms with E-state index in [9.17, 15) is 9.59 Å². The van der Waals surface area contributed by atoms with Gasteiger partial charge in [0.25, 0.3) is 0 Å². The molecule has 1 aromatic carbocycles. The summed E-state index contributed by atoms with van der Waals surface area (Å²) in [5.74, 6) is 1.40. The minimum Gasteiger partial charge on any atom is -0.497 e. The van der Waals surface area contributed by atoms with E-state index >= 15 is 0 Å². The minimum atomic E-state index is -0.533. The SMILES string of the molecule is CCCOC(=O)C1CSC(C2CCCCC2)N1C(=O)Nc1cccc(OC)c1. The maximum atomic E-state index is 13.2. The van der Waals surface area contributed by atoms with Crippen molar-refractivity contribution in [1.82, 2.24) is 4.90 Å². The molecule has 28 heavy (non-hydrogen) atoms. The Labute approximate surface area is 171 Å². The summed E-state index contributed by atoms with van der Waals surface area (Å²) >= 11 is 1.71.